The van der Waals surface area contributed by atoms with Gasteiger partial charge in [0.2, 0.25) is 11.8 Å². The summed E-state index contributed by atoms with van der Waals surface area (Å²) in [7, 11) is 0. The topological polar surface area (TPSA) is 131 Å². The molecule has 0 aliphatic heterocycles. The van der Waals surface area contributed by atoms with Gasteiger partial charge in [-0.1, -0.05) is 24.3 Å². The van der Waals surface area contributed by atoms with Gasteiger partial charge in [-0.3, -0.25) is 19.6 Å². The predicted molar refractivity (Wildman–Crippen MR) is 136 cm³/mol. The second-order valence-corrected chi connectivity index (χ2v) is 8.38. The zero-order valence-corrected chi connectivity index (χ0v) is 20.5. The Labute approximate surface area is 224 Å². The number of amides is 3. The third kappa shape index (κ3) is 6.30. The molecule has 11 nitrogen and oxygen atoms in total. The van der Waals surface area contributed by atoms with Gasteiger partial charge in [0.25, 0.3) is 12.1 Å². The molecule has 14 heteroatoms. The van der Waals surface area contributed by atoms with Crippen LogP contribution in [0.4, 0.5) is 35.2 Å². The maximum Gasteiger partial charge on any atom is 0.416 e. The third-order valence-corrected chi connectivity index (χ3v) is 5.45. The molecule has 0 fully saturated rings. The molecule has 0 atom stereocenters. The molecule has 3 heterocycles. The first kappa shape index (κ1) is 26.1. The fraction of sp³-hybridized carbons (Fsp3) is 0.0769. The Kier molecular flexibility index (Phi) is 7.22. The number of nitrogens with zero attached hydrogens (tertiary/aromatic N) is 5. The number of halogens is 3. The lowest BCUT2D eigenvalue weighted by Crippen LogP contribution is -2.35. The van der Waals surface area contributed by atoms with Crippen molar-refractivity contribution in [3.05, 3.63) is 108 Å². The van der Waals surface area contributed by atoms with Crippen LogP contribution < -0.4 is 20.6 Å². The molecular formula is C26H20F3N8O3+. The average molecular weight is 549 g/mol. The first-order valence-electron chi connectivity index (χ1n) is 11.7. The Morgan fingerprint density at radius 2 is 1.65 bits per heavy atom. The van der Waals surface area contributed by atoms with E-state index in [0.29, 0.717) is 11.4 Å². The quantitative estimate of drug-likeness (QED) is 0.256. The van der Waals surface area contributed by atoms with Crippen molar-refractivity contribution in [2.45, 2.75) is 12.7 Å². The molecule has 0 unspecified atom stereocenters. The molecule has 5 rings (SSSR count). The lowest BCUT2D eigenvalue weighted by Gasteiger charge is -2.14. The maximum atomic E-state index is 13.6. The Balaban J connectivity index is 1.31. The van der Waals surface area contributed by atoms with E-state index in [4.69, 9.17) is 4.52 Å². The smallest absolute Gasteiger partial charge is 0.321 e. The van der Waals surface area contributed by atoms with Gasteiger partial charge >= 0.3 is 18.1 Å². The highest BCUT2D eigenvalue weighted by molar-refractivity contribution is 6.04. The monoisotopic (exact) mass is 549 g/mol. The molecule has 0 saturated heterocycles. The van der Waals surface area contributed by atoms with Crippen molar-refractivity contribution >= 4 is 29.2 Å². The number of alkyl halides is 3. The minimum Gasteiger partial charge on any atom is -0.321 e. The van der Waals surface area contributed by atoms with Crippen LogP contribution >= 0.6 is 0 Å². The molecule has 3 N–H and O–H groups in total. The van der Waals surface area contributed by atoms with Crippen LogP contribution in [0.25, 0.3) is 5.69 Å². The number of anilines is 3. The Bertz CT molecular complexity index is 1640. The van der Waals surface area contributed by atoms with Crippen molar-refractivity contribution in [2.75, 3.05) is 16.0 Å². The van der Waals surface area contributed by atoms with Gasteiger partial charge in [-0.15, -0.1) is 0 Å². The number of hydrogen-bond donors (Lipinski definition) is 3. The molecule has 5 aromatic rings. The normalized spacial score (nSPS) is 11.2. The molecule has 202 valence electrons. The summed E-state index contributed by atoms with van der Waals surface area (Å²) >= 11 is 0. The van der Waals surface area contributed by atoms with Crippen LogP contribution in [0, 0.1) is 0 Å². The van der Waals surface area contributed by atoms with Gasteiger partial charge in [0.15, 0.2) is 0 Å². The summed E-state index contributed by atoms with van der Waals surface area (Å²) in [5, 5.41) is 15.0. The lowest BCUT2D eigenvalue weighted by molar-refractivity contribution is -0.755. The van der Waals surface area contributed by atoms with E-state index in [1.807, 2.05) is 0 Å². The summed E-state index contributed by atoms with van der Waals surface area (Å²) < 4.78 is 48.7. The van der Waals surface area contributed by atoms with E-state index in [0.717, 1.165) is 12.1 Å². The summed E-state index contributed by atoms with van der Waals surface area (Å²) in [6, 6.07) is 17.3. The lowest BCUT2D eigenvalue weighted by atomic mass is 10.1. The van der Waals surface area contributed by atoms with Crippen molar-refractivity contribution in [1.82, 2.24) is 20.0 Å². The van der Waals surface area contributed by atoms with E-state index in [9.17, 15) is 22.8 Å². The largest absolute Gasteiger partial charge is 0.416 e. The third-order valence-electron chi connectivity index (χ3n) is 5.45. The standard InChI is InChI=1S/C26H19F3N8O3/c27-26(28,29)17-12-19(32-24(38)22-9-11-31-37(22)21-7-2-1-3-8-21)14-20(13-17)33-25(39)34-23-16-36(35-40-23)15-18-6-4-5-10-30-18/h1-14,16H,15H2,(H2-,32,33,34,35,38,39)/p+1. The van der Waals surface area contributed by atoms with Crippen LogP contribution in [0.3, 0.4) is 0 Å². The van der Waals surface area contributed by atoms with Gasteiger partial charge in [-0.2, -0.15) is 18.3 Å². The van der Waals surface area contributed by atoms with E-state index >= 15 is 0 Å². The molecule has 0 aliphatic carbocycles. The van der Waals surface area contributed by atoms with E-state index in [1.54, 1.807) is 54.7 Å². The van der Waals surface area contributed by atoms with Crippen molar-refractivity contribution in [3.63, 3.8) is 0 Å². The van der Waals surface area contributed by atoms with Crippen LogP contribution in [-0.2, 0) is 12.7 Å². The maximum absolute atomic E-state index is 13.6. The Morgan fingerprint density at radius 3 is 2.38 bits per heavy atom. The average Bonchev–Trinajstić information content (AvgIpc) is 3.59. The van der Waals surface area contributed by atoms with Crippen LogP contribution in [0.1, 0.15) is 21.7 Å². The Hall–Kier alpha value is -5.53. The summed E-state index contributed by atoms with van der Waals surface area (Å²) in [4.78, 5) is 29.6. The fourth-order valence-electron chi connectivity index (χ4n) is 3.72. The van der Waals surface area contributed by atoms with Gasteiger partial charge in [0.1, 0.15) is 11.4 Å². The number of aromatic nitrogens is 5. The molecule has 0 radical (unpaired) electrons. The van der Waals surface area contributed by atoms with Gasteiger partial charge in [-0.05, 0) is 53.2 Å². The SMILES string of the molecule is O=C(Nc1cc(NC(=O)c2ccnn2-c2ccccc2)cc(C(F)(F)F)c1)Nc1c[n+](Cc2ccccn2)no1. The number of benzene rings is 2. The van der Waals surface area contributed by atoms with Crippen molar-refractivity contribution in [2.24, 2.45) is 0 Å². The van der Waals surface area contributed by atoms with Crippen LogP contribution in [0.5, 0.6) is 0 Å². The number of carbonyl (C=O) groups is 2. The molecule has 2 aromatic carbocycles. The molecule has 0 bridgehead atoms. The minimum atomic E-state index is -4.75. The van der Waals surface area contributed by atoms with Crippen LogP contribution in [0.15, 0.2) is 95.9 Å². The molecule has 3 aromatic heterocycles. The molecule has 0 aliphatic rings. The second kappa shape index (κ2) is 11.1. The molecule has 40 heavy (non-hydrogen) atoms. The number of urea groups is 1. The molecular weight excluding hydrogens is 529 g/mol. The predicted octanol–water partition coefficient (Wildman–Crippen LogP) is 4.51. The first-order valence-corrected chi connectivity index (χ1v) is 11.7. The van der Waals surface area contributed by atoms with Crippen LogP contribution in [-0.4, -0.2) is 32.0 Å². The minimum absolute atomic E-state index is 0.0527. The van der Waals surface area contributed by atoms with Crippen molar-refractivity contribution < 1.29 is 32.0 Å². The number of nitrogens with one attached hydrogen (secondary N) is 3. The summed E-state index contributed by atoms with van der Waals surface area (Å²) in [5.74, 6) is -0.752. The summed E-state index contributed by atoms with van der Waals surface area (Å²) in [6.07, 6.45) is -0.343. The fourth-order valence-corrected chi connectivity index (χ4v) is 3.72. The van der Waals surface area contributed by atoms with E-state index in [2.05, 4.69) is 31.3 Å². The zero-order valence-electron chi connectivity index (χ0n) is 20.5. The second-order valence-electron chi connectivity index (χ2n) is 8.38. The highest BCUT2D eigenvalue weighted by Crippen LogP contribution is 2.33. The number of hydrogen-bond acceptors (Lipinski definition) is 6. The highest BCUT2D eigenvalue weighted by atomic mass is 19.4. The Morgan fingerprint density at radius 1 is 0.900 bits per heavy atom. The van der Waals surface area contributed by atoms with E-state index in [1.165, 1.54) is 33.9 Å². The number of carbonyl (C=O) groups excluding carboxylic acids is 2. The van der Waals surface area contributed by atoms with Crippen molar-refractivity contribution in [1.29, 1.82) is 0 Å². The number of pyridine rings is 1. The van der Waals surface area contributed by atoms with Gasteiger partial charge in [0.05, 0.1) is 17.4 Å². The highest BCUT2D eigenvalue weighted by Gasteiger charge is 2.32. The molecule has 0 saturated carbocycles. The zero-order chi connectivity index (χ0) is 28.1. The number of para-hydroxylation sites is 1. The van der Waals surface area contributed by atoms with Crippen LogP contribution in [0.2, 0.25) is 0 Å². The van der Waals surface area contributed by atoms with E-state index < -0.39 is 23.7 Å². The van der Waals surface area contributed by atoms with E-state index in [-0.39, 0.29) is 29.5 Å². The van der Waals surface area contributed by atoms with Gasteiger partial charge < -0.3 is 10.6 Å². The first-order chi connectivity index (χ1) is 19.2. The summed E-state index contributed by atoms with van der Waals surface area (Å²) in [6.45, 7) is 0.271. The van der Waals surface area contributed by atoms with Gasteiger partial charge in [0, 0.05) is 17.6 Å². The molecule has 3 amide bonds. The molecule has 0 spiro atoms. The number of rotatable bonds is 7. The van der Waals surface area contributed by atoms with Gasteiger partial charge in [-0.25, -0.2) is 9.48 Å². The van der Waals surface area contributed by atoms with Crippen molar-refractivity contribution in [3.8, 4) is 5.69 Å². The summed E-state index contributed by atoms with van der Waals surface area (Å²) in [5.41, 5.74) is -0.106.